The van der Waals surface area contributed by atoms with Crippen molar-refractivity contribution >= 4 is 10.0 Å². The Kier molecular flexibility index (Phi) is 3.44. The Bertz CT molecular complexity index is 513. The molecule has 1 aliphatic heterocycles. The van der Waals surface area contributed by atoms with Crippen molar-refractivity contribution in [3.8, 4) is 0 Å². The standard InChI is InChI=1S/C12H19N3O2S/c1-12(2)10(13)6-5-9-15(12)18(16,17)11-7-3-4-8-14-11/h3-4,7-8,10H,5-6,9,13H2,1-2H3. The summed E-state index contributed by atoms with van der Waals surface area (Å²) in [5.74, 6) is 0. The smallest absolute Gasteiger partial charge is 0.261 e. The number of piperidine rings is 1. The fourth-order valence-electron chi connectivity index (χ4n) is 2.32. The number of aromatic nitrogens is 1. The van der Waals surface area contributed by atoms with Gasteiger partial charge in [-0.25, -0.2) is 13.4 Å². The van der Waals surface area contributed by atoms with E-state index in [9.17, 15) is 8.42 Å². The summed E-state index contributed by atoms with van der Waals surface area (Å²) in [4.78, 5) is 3.95. The minimum atomic E-state index is -3.56. The van der Waals surface area contributed by atoms with Crippen LogP contribution in [0.2, 0.25) is 0 Å². The molecule has 2 heterocycles. The number of sulfonamides is 1. The van der Waals surface area contributed by atoms with Gasteiger partial charge in [0.1, 0.15) is 0 Å². The number of hydrogen-bond donors (Lipinski definition) is 1. The van der Waals surface area contributed by atoms with Gasteiger partial charge in [0.15, 0.2) is 5.03 Å². The summed E-state index contributed by atoms with van der Waals surface area (Å²) in [7, 11) is -3.56. The molecule has 5 nitrogen and oxygen atoms in total. The summed E-state index contributed by atoms with van der Waals surface area (Å²) >= 11 is 0. The molecule has 0 aromatic carbocycles. The van der Waals surface area contributed by atoms with Crippen molar-refractivity contribution in [2.45, 2.75) is 43.3 Å². The van der Waals surface area contributed by atoms with Gasteiger partial charge in [0, 0.05) is 24.3 Å². The fourth-order valence-corrected chi connectivity index (χ4v) is 4.12. The van der Waals surface area contributed by atoms with E-state index in [1.165, 1.54) is 16.6 Å². The van der Waals surface area contributed by atoms with Crippen molar-refractivity contribution in [3.05, 3.63) is 24.4 Å². The molecular weight excluding hydrogens is 250 g/mol. The fraction of sp³-hybridized carbons (Fsp3) is 0.583. The first-order chi connectivity index (χ1) is 8.37. The minimum absolute atomic E-state index is 0.0900. The van der Waals surface area contributed by atoms with Gasteiger partial charge in [-0.1, -0.05) is 6.07 Å². The van der Waals surface area contributed by atoms with Crippen LogP contribution in [0.3, 0.4) is 0 Å². The van der Waals surface area contributed by atoms with Crippen LogP contribution in [0, 0.1) is 0 Å². The highest BCUT2D eigenvalue weighted by atomic mass is 32.2. The highest BCUT2D eigenvalue weighted by Gasteiger charge is 2.43. The van der Waals surface area contributed by atoms with Crippen molar-refractivity contribution in [3.63, 3.8) is 0 Å². The zero-order valence-electron chi connectivity index (χ0n) is 10.7. The maximum atomic E-state index is 12.6. The van der Waals surface area contributed by atoms with Gasteiger partial charge in [-0.3, -0.25) is 0 Å². The molecule has 100 valence electrons. The van der Waals surface area contributed by atoms with Gasteiger partial charge >= 0.3 is 0 Å². The van der Waals surface area contributed by atoms with E-state index in [1.54, 1.807) is 12.1 Å². The van der Waals surface area contributed by atoms with E-state index < -0.39 is 15.6 Å². The van der Waals surface area contributed by atoms with Crippen LogP contribution < -0.4 is 5.73 Å². The second-order valence-corrected chi connectivity index (χ2v) is 6.96. The van der Waals surface area contributed by atoms with Gasteiger partial charge in [0.05, 0.1) is 0 Å². The van der Waals surface area contributed by atoms with Gasteiger partial charge in [-0.05, 0) is 38.8 Å². The predicted molar refractivity (Wildman–Crippen MR) is 69.4 cm³/mol. The molecule has 1 atom stereocenters. The summed E-state index contributed by atoms with van der Waals surface area (Å²) in [5, 5.41) is 0.0900. The lowest BCUT2D eigenvalue weighted by Gasteiger charge is -2.45. The number of nitrogens with two attached hydrogens (primary N) is 1. The first-order valence-corrected chi connectivity index (χ1v) is 7.50. The molecule has 1 unspecified atom stereocenters. The predicted octanol–water partition coefficient (Wildman–Crippen LogP) is 0.972. The monoisotopic (exact) mass is 269 g/mol. The van der Waals surface area contributed by atoms with Gasteiger partial charge < -0.3 is 5.73 Å². The zero-order valence-corrected chi connectivity index (χ0v) is 11.5. The first kappa shape index (κ1) is 13.5. The number of hydrogen-bond acceptors (Lipinski definition) is 4. The van der Waals surface area contributed by atoms with Crippen molar-refractivity contribution < 1.29 is 8.42 Å². The maximum Gasteiger partial charge on any atom is 0.261 e. The van der Waals surface area contributed by atoms with Crippen LogP contribution in [0.15, 0.2) is 29.4 Å². The molecule has 6 heteroatoms. The lowest BCUT2D eigenvalue weighted by atomic mass is 9.88. The van der Waals surface area contributed by atoms with Gasteiger partial charge in [-0.2, -0.15) is 4.31 Å². The van der Waals surface area contributed by atoms with E-state index in [2.05, 4.69) is 4.98 Å². The lowest BCUT2D eigenvalue weighted by molar-refractivity contribution is 0.141. The molecule has 0 bridgehead atoms. The normalized spacial score (nSPS) is 24.9. The zero-order chi connectivity index (χ0) is 13.4. The average Bonchev–Trinajstić information content (AvgIpc) is 2.33. The number of pyridine rings is 1. The molecule has 2 N–H and O–H groups in total. The second kappa shape index (κ2) is 4.60. The maximum absolute atomic E-state index is 12.6. The van der Waals surface area contributed by atoms with Gasteiger partial charge in [0.2, 0.25) is 0 Å². The second-order valence-electron chi connectivity index (χ2n) is 5.15. The Balaban J connectivity index is 2.42. The quantitative estimate of drug-likeness (QED) is 0.868. The molecule has 0 amide bonds. The van der Waals surface area contributed by atoms with E-state index >= 15 is 0 Å². The van der Waals surface area contributed by atoms with Crippen molar-refractivity contribution in [2.75, 3.05) is 6.54 Å². The van der Waals surface area contributed by atoms with Crippen LogP contribution in [0.4, 0.5) is 0 Å². The summed E-state index contributed by atoms with van der Waals surface area (Å²) in [6, 6.07) is 4.75. The highest BCUT2D eigenvalue weighted by Crippen LogP contribution is 2.31. The molecule has 0 radical (unpaired) electrons. The summed E-state index contributed by atoms with van der Waals surface area (Å²) in [5.41, 5.74) is 5.48. The molecule has 1 saturated heterocycles. The van der Waals surface area contributed by atoms with E-state index in [-0.39, 0.29) is 11.1 Å². The van der Waals surface area contributed by atoms with Crippen LogP contribution in [-0.4, -0.2) is 35.8 Å². The van der Waals surface area contributed by atoms with Crippen molar-refractivity contribution in [1.82, 2.24) is 9.29 Å². The Morgan fingerprint density at radius 3 is 2.78 bits per heavy atom. The highest BCUT2D eigenvalue weighted by molar-refractivity contribution is 7.89. The molecular formula is C12H19N3O2S. The first-order valence-electron chi connectivity index (χ1n) is 6.06. The van der Waals surface area contributed by atoms with Crippen molar-refractivity contribution in [2.24, 2.45) is 5.73 Å². The Labute approximate surface area is 108 Å². The summed E-state index contributed by atoms with van der Waals surface area (Å²) < 4.78 is 26.6. The number of nitrogens with zero attached hydrogens (tertiary/aromatic N) is 2. The molecule has 0 saturated carbocycles. The molecule has 1 aromatic rings. The Morgan fingerprint density at radius 1 is 1.44 bits per heavy atom. The Morgan fingerprint density at radius 2 is 2.17 bits per heavy atom. The van der Waals surface area contributed by atoms with Crippen molar-refractivity contribution in [1.29, 1.82) is 0 Å². The minimum Gasteiger partial charge on any atom is -0.326 e. The third-order valence-electron chi connectivity index (χ3n) is 3.62. The van der Waals surface area contributed by atoms with E-state index in [4.69, 9.17) is 5.73 Å². The molecule has 18 heavy (non-hydrogen) atoms. The SMILES string of the molecule is CC1(C)C(N)CCCN1S(=O)(=O)c1ccccn1. The van der Waals surface area contributed by atoms with Crippen LogP contribution >= 0.6 is 0 Å². The van der Waals surface area contributed by atoms with Gasteiger partial charge in [0.25, 0.3) is 10.0 Å². The van der Waals surface area contributed by atoms with Crippen LogP contribution in [0.1, 0.15) is 26.7 Å². The van der Waals surface area contributed by atoms with E-state index in [0.29, 0.717) is 6.54 Å². The molecule has 0 spiro atoms. The largest absolute Gasteiger partial charge is 0.326 e. The number of rotatable bonds is 2. The Hall–Kier alpha value is -0.980. The van der Waals surface area contributed by atoms with Crippen LogP contribution in [-0.2, 0) is 10.0 Å². The van der Waals surface area contributed by atoms with Crippen LogP contribution in [0.25, 0.3) is 0 Å². The molecule has 0 aliphatic carbocycles. The van der Waals surface area contributed by atoms with E-state index in [0.717, 1.165) is 12.8 Å². The average molecular weight is 269 g/mol. The molecule has 1 fully saturated rings. The third kappa shape index (κ3) is 2.15. The van der Waals surface area contributed by atoms with E-state index in [1.807, 2.05) is 13.8 Å². The summed E-state index contributed by atoms with van der Waals surface area (Å²) in [6.45, 7) is 4.24. The molecule has 1 aliphatic rings. The van der Waals surface area contributed by atoms with Gasteiger partial charge in [-0.15, -0.1) is 0 Å². The molecule has 1 aromatic heterocycles. The summed E-state index contributed by atoms with van der Waals surface area (Å²) in [6.07, 6.45) is 3.13. The third-order valence-corrected chi connectivity index (χ3v) is 5.62. The van der Waals surface area contributed by atoms with Crippen LogP contribution in [0.5, 0.6) is 0 Å². The topological polar surface area (TPSA) is 76.3 Å². The molecule has 2 rings (SSSR count). The lowest BCUT2D eigenvalue weighted by Crippen LogP contribution is -2.61.